The number of hydrogen-bond acceptors (Lipinski definition) is 7. The first-order valence-corrected chi connectivity index (χ1v) is 16.6. The lowest BCUT2D eigenvalue weighted by Crippen LogP contribution is -2.43. The average molecular weight is 696 g/mol. The fourth-order valence-electron chi connectivity index (χ4n) is 5.44. The minimum absolute atomic E-state index is 0.0632. The monoisotopic (exact) mass is 695 g/mol. The number of halogens is 2. The molecule has 1 fully saturated rings. The quantitative estimate of drug-likeness (QED) is 0.185. The molecule has 4 N–H and O–H groups in total. The van der Waals surface area contributed by atoms with Gasteiger partial charge in [-0.15, -0.1) is 0 Å². The molecule has 16 heteroatoms. The molecule has 0 radical (unpaired) electrons. The van der Waals surface area contributed by atoms with Gasteiger partial charge in [-0.05, 0) is 66.9 Å². The normalized spacial score (nSPS) is 13.9. The van der Waals surface area contributed by atoms with Crippen molar-refractivity contribution in [1.29, 1.82) is 0 Å². The third-order valence-corrected chi connectivity index (χ3v) is 9.43. The van der Waals surface area contributed by atoms with Crippen LogP contribution in [0.5, 0.6) is 0 Å². The smallest absolute Gasteiger partial charge is 0.335 e. The van der Waals surface area contributed by atoms with Crippen LogP contribution in [0.2, 0.25) is 0 Å². The van der Waals surface area contributed by atoms with Crippen LogP contribution in [0.15, 0.2) is 87.4 Å². The molecule has 49 heavy (non-hydrogen) atoms. The molecule has 0 saturated heterocycles. The van der Waals surface area contributed by atoms with Crippen LogP contribution in [0.25, 0.3) is 5.69 Å². The molecule has 1 saturated carbocycles. The van der Waals surface area contributed by atoms with Gasteiger partial charge in [0.1, 0.15) is 23.2 Å². The number of hydrogen-bond donors (Lipinski definition) is 4. The van der Waals surface area contributed by atoms with E-state index in [2.05, 4.69) is 10.6 Å². The number of rotatable bonds is 11. The maximum Gasteiger partial charge on any atom is 0.335 e. The van der Waals surface area contributed by atoms with Gasteiger partial charge in [-0.2, -0.15) is 0 Å². The highest BCUT2D eigenvalue weighted by molar-refractivity contribution is 7.92. The Morgan fingerprint density at radius 2 is 1.53 bits per heavy atom. The molecule has 256 valence electrons. The second-order valence-corrected chi connectivity index (χ2v) is 13.2. The number of nitrogens with zero attached hydrogens (tertiary/aromatic N) is 2. The summed E-state index contributed by atoms with van der Waals surface area (Å²) in [5.41, 5.74) is -2.06. The van der Waals surface area contributed by atoms with E-state index >= 15 is 8.78 Å². The third-order valence-electron chi connectivity index (χ3n) is 8.03. The van der Waals surface area contributed by atoms with Crippen molar-refractivity contribution in [2.24, 2.45) is 7.05 Å². The van der Waals surface area contributed by atoms with Crippen molar-refractivity contribution in [3.05, 3.63) is 122 Å². The average Bonchev–Trinajstić information content (AvgIpc) is 3.56. The minimum atomic E-state index is -4.37. The maximum atomic E-state index is 15.0. The lowest BCUT2D eigenvalue weighted by atomic mass is 10.0. The Bertz CT molecular complexity index is 2120. The Morgan fingerprint density at radius 3 is 2.12 bits per heavy atom. The van der Waals surface area contributed by atoms with Crippen molar-refractivity contribution in [2.75, 3.05) is 4.72 Å². The van der Waals surface area contributed by atoms with Gasteiger partial charge in [0.2, 0.25) is 0 Å². The number of aliphatic carboxylic acids is 1. The molecule has 3 aromatic carbocycles. The summed E-state index contributed by atoms with van der Waals surface area (Å²) >= 11 is 0. The summed E-state index contributed by atoms with van der Waals surface area (Å²) in [6.07, 6.45) is 4.77. The van der Waals surface area contributed by atoms with E-state index in [1.807, 2.05) is 4.72 Å². The van der Waals surface area contributed by atoms with E-state index in [4.69, 9.17) is 0 Å². The first-order valence-electron chi connectivity index (χ1n) is 15.1. The highest BCUT2D eigenvalue weighted by Gasteiger charge is 2.27. The Balaban J connectivity index is 1.26. The molecular weight excluding hydrogens is 664 g/mol. The number of nitrogens with one attached hydrogen (secondary N) is 3. The van der Waals surface area contributed by atoms with Crippen LogP contribution in [0.4, 0.5) is 14.5 Å². The Labute approximate surface area is 278 Å². The molecule has 1 aromatic heterocycles. The zero-order valence-electron chi connectivity index (χ0n) is 26.0. The standard InChI is InChI=1S/C33H31F2N5O8S/c1-39-15-14-28(41)40(33(39)46)23-10-6-19(7-11-23)16-27(32(44)45)37-31(43)29-25(34)17-22(18-26(29)35)38-49(47,48)24-12-8-20(9-13-24)30(42)36-21-4-2-3-5-21/h6-15,17-18,21,27,38H,2-5,16H2,1H3,(H,36,42)(H,37,43)(H,44,45)/t27-/m0/s1. The first-order chi connectivity index (χ1) is 23.2. The van der Waals surface area contributed by atoms with Crippen LogP contribution in [0, 0.1) is 11.6 Å². The van der Waals surface area contributed by atoms with Crippen LogP contribution in [-0.2, 0) is 28.3 Å². The molecule has 5 rings (SSSR count). The maximum absolute atomic E-state index is 15.0. The SMILES string of the molecule is Cn1ccc(=O)n(-c2ccc(C[C@H](NC(=O)c3c(F)cc(NS(=O)(=O)c4ccc(C(=O)NC5CCCC5)cc4)cc3F)C(=O)O)cc2)c1=O. The van der Waals surface area contributed by atoms with Crippen molar-refractivity contribution < 1.29 is 36.7 Å². The largest absolute Gasteiger partial charge is 0.480 e. The first kappa shape index (κ1) is 34.7. The van der Waals surface area contributed by atoms with E-state index in [1.165, 1.54) is 72.4 Å². The molecule has 2 amide bonds. The summed E-state index contributed by atoms with van der Waals surface area (Å²) in [4.78, 5) is 61.5. The fraction of sp³-hybridized carbons (Fsp3) is 0.242. The van der Waals surface area contributed by atoms with Gasteiger partial charge in [-0.25, -0.2) is 31.4 Å². The number of sulfonamides is 1. The number of carbonyl (C=O) groups excluding carboxylic acids is 2. The number of aryl methyl sites for hydroxylation is 1. The van der Waals surface area contributed by atoms with Crippen LogP contribution >= 0.6 is 0 Å². The summed E-state index contributed by atoms with van der Waals surface area (Å²) < 4.78 is 60.0. The molecular formula is C33H31F2N5O8S. The zero-order valence-corrected chi connectivity index (χ0v) is 26.8. The Hall–Kier alpha value is -5.64. The summed E-state index contributed by atoms with van der Waals surface area (Å²) in [6, 6.07) is 11.4. The second-order valence-electron chi connectivity index (χ2n) is 11.5. The number of amides is 2. The van der Waals surface area contributed by atoms with Crippen LogP contribution < -0.4 is 26.6 Å². The molecule has 0 bridgehead atoms. The molecule has 0 unspecified atom stereocenters. The van der Waals surface area contributed by atoms with Crippen molar-refractivity contribution in [2.45, 2.75) is 49.1 Å². The van der Waals surface area contributed by atoms with Gasteiger partial charge in [0.15, 0.2) is 0 Å². The lowest BCUT2D eigenvalue weighted by molar-refractivity contribution is -0.139. The number of carboxylic acids is 1. The van der Waals surface area contributed by atoms with Gasteiger partial charge < -0.3 is 20.3 Å². The van der Waals surface area contributed by atoms with Gasteiger partial charge in [0.25, 0.3) is 27.4 Å². The van der Waals surface area contributed by atoms with E-state index in [9.17, 15) is 37.5 Å². The summed E-state index contributed by atoms with van der Waals surface area (Å²) in [5, 5.41) is 14.7. The highest BCUT2D eigenvalue weighted by atomic mass is 32.2. The summed E-state index contributed by atoms with van der Waals surface area (Å²) in [5.74, 6) is -6.19. The van der Waals surface area contributed by atoms with Crippen molar-refractivity contribution in [1.82, 2.24) is 19.8 Å². The van der Waals surface area contributed by atoms with E-state index in [-0.39, 0.29) is 34.5 Å². The molecule has 1 aliphatic rings. The topological polar surface area (TPSA) is 186 Å². The van der Waals surface area contributed by atoms with Gasteiger partial charge in [0, 0.05) is 37.3 Å². The Kier molecular flexibility index (Phi) is 10.1. The number of carbonyl (C=O) groups is 3. The number of aromatic nitrogens is 2. The van der Waals surface area contributed by atoms with Gasteiger partial charge in [-0.1, -0.05) is 25.0 Å². The predicted molar refractivity (Wildman–Crippen MR) is 173 cm³/mol. The molecule has 0 aliphatic heterocycles. The summed E-state index contributed by atoms with van der Waals surface area (Å²) in [6.45, 7) is 0. The molecule has 13 nitrogen and oxygen atoms in total. The van der Waals surface area contributed by atoms with Crippen LogP contribution in [0.1, 0.15) is 52.0 Å². The lowest BCUT2D eigenvalue weighted by Gasteiger charge is -2.16. The van der Waals surface area contributed by atoms with E-state index in [0.717, 1.165) is 30.3 Å². The zero-order chi connectivity index (χ0) is 35.5. The van der Waals surface area contributed by atoms with E-state index in [0.29, 0.717) is 17.7 Å². The van der Waals surface area contributed by atoms with E-state index in [1.54, 1.807) is 0 Å². The van der Waals surface area contributed by atoms with Crippen LogP contribution in [-0.4, -0.2) is 52.5 Å². The second kappa shape index (κ2) is 14.2. The molecule has 1 atom stereocenters. The number of anilines is 1. The minimum Gasteiger partial charge on any atom is -0.480 e. The Morgan fingerprint density at radius 1 is 0.918 bits per heavy atom. The van der Waals surface area contributed by atoms with E-state index < -0.39 is 62.1 Å². The molecule has 1 heterocycles. The van der Waals surface area contributed by atoms with Crippen molar-refractivity contribution in [3.63, 3.8) is 0 Å². The summed E-state index contributed by atoms with van der Waals surface area (Å²) in [7, 11) is -2.91. The van der Waals surface area contributed by atoms with Crippen LogP contribution in [0.3, 0.4) is 0 Å². The van der Waals surface area contributed by atoms with Crippen molar-refractivity contribution >= 4 is 33.5 Å². The van der Waals surface area contributed by atoms with Crippen molar-refractivity contribution in [3.8, 4) is 5.69 Å². The highest BCUT2D eigenvalue weighted by Crippen LogP contribution is 2.23. The molecule has 1 aliphatic carbocycles. The van der Waals surface area contributed by atoms with Gasteiger partial charge in [0.05, 0.1) is 16.3 Å². The van der Waals surface area contributed by atoms with Gasteiger partial charge >= 0.3 is 11.7 Å². The predicted octanol–water partition coefficient (Wildman–Crippen LogP) is 2.71. The third kappa shape index (κ3) is 7.92. The van der Waals surface area contributed by atoms with Gasteiger partial charge in [-0.3, -0.25) is 19.1 Å². The molecule has 4 aromatic rings. The molecule has 0 spiro atoms. The number of carboxylic acid groups (broad SMARTS) is 1. The number of benzene rings is 3. The fourth-order valence-corrected chi connectivity index (χ4v) is 6.48.